The van der Waals surface area contributed by atoms with Crippen molar-refractivity contribution >= 4 is 35.0 Å². The number of benzene rings is 2. The second-order valence-corrected chi connectivity index (χ2v) is 7.93. The molecule has 0 spiro atoms. The molecule has 0 fully saturated rings. The van der Waals surface area contributed by atoms with Crippen LogP contribution in [0.3, 0.4) is 0 Å². The van der Waals surface area contributed by atoms with Gasteiger partial charge in [0.15, 0.2) is 0 Å². The van der Waals surface area contributed by atoms with Crippen LogP contribution in [0.4, 0.5) is 11.4 Å². The first-order valence-electron chi connectivity index (χ1n) is 11.8. The minimum Gasteiger partial charge on any atom is -0.252 e. The van der Waals surface area contributed by atoms with E-state index < -0.39 is 0 Å². The van der Waals surface area contributed by atoms with Crippen LogP contribution >= 0.6 is 0 Å². The maximum atomic E-state index is 5.00. The molecular weight excluding hydrogens is 376 g/mol. The van der Waals surface area contributed by atoms with E-state index in [0.717, 1.165) is 54.9 Å². The van der Waals surface area contributed by atoms with Crippen molar-refractivity contribution in [3.05, 3.63) is 71.8 Å². The number of allylic oxidation sites excluding steroid dienone is 2. The lowest BCUT2D eigenvalue weighted by atomic mass is 10.1. The Bertz CT molecular complexity index is 916. The highest BCUT2D eigenvalue weighted by Crippen LogP contribution is 2.20. The third-order valence-electron chi connectivity index (χ3n) is 5.02. The van der Waals surface area contributed by atoms with Gasteiger partial charge in [-0.2, -0.15) is 0 Å². The minimum absolute atomic E-state index is 0.942. The number of unbranched alkanes of at least 4 members (excludes halogenated alkanes) is 3. The molecule has 0 saturated heterocycles. The van der Waals surface area contributed by atoms with Crippen molar-refractivity contribution in [2.24, 2.45) is 9.98 Å². The predicted molar refractivity (Wildman–Crippen MR) is 140 cm³/mol. The summed E-state index contributed by atoms with van der Waals surface area (Å²) in [5, 5.41) is 0. The molecule has 0 bridgehead atoms. The number of aliphatic imine (C=N–C) groups is 2. The molecule has 0 unspecified atom stereocenters. The smallest absolute Gasteiger partial charge is 0.0639 e. The molecule has 0 N–H and O–H groups in total. The first kappa shape index (κ1) is 24.5. The van der Waals surface area contributed by atoms with Crippen LogP contribution in [-0.4, -0.2) is 11.4 Å². The highest BCUT2D eigenvalue weighted by Gasteiger charge is 2.06. The summed E-state index contributed by atoms with van der Waals surface area (Å²) in [6, 6.07) is 16.9. The van der Waals surface area contributed by atoms with E-state index in [4.69, 9.17) is 9.98 Å². The van der Waals surface area contributed by atoms with Crippen LogP contribution in [0.25, 0.3) is 12.2 Å². The summed E-state index contributed by atoms with van der Waals surface area (Å²) in [4.78, 5) is 9.92. The van der Waals surface area contributed by atoms with E-state index in [9.17, 15) is 0 Å². The van der Waals surface area contributed by atoms with Crippen LogP contribution in [0.5, 0.6) is 0 Å². The summed E-state index contributed by atoms with van der Waals surface area (Å²) in [5.74, 6) is 0. The number of nitrogens with zero attached hydrogens (tertiary/aromatic N) is 2. The number of hydrogen-bond acceptors (Lipinski definition) is 2. The Balaban J connectivity index is 2.29. The Morgan fingerprint density at radius 3 is 1.81 bits per heavy atom. The largest absolute Gasteiger partial charge is 0.252 e. The summed E-state index contributed by atoms with van der Waals surface area (Å²) in [5.41, 5.74) is 6.44. The van der Waals surface area contributed by atoms with Gasteiger partial charge in [0, 0.05) is 0 Å². The van der Waals surface area contributed by atoms with Crippen molar-refractivity contribution in [1.29, 1.82) is 0 Å². The van der Waals surface area contributed by atoms with Gasteiger partial charge in [0.1, 0.15) is 0 Å². The van der Waals surface area contributed by atoms with Crippen molar-refractivity contribution in [3.63, 3.8) is 0 Å². The molecular formula is C29H38N2. The molecule has 0 amide bonds. The molecule has 2 heteroatoms. The molecule has 0 heterocycles. The normalized spacial score (nSPS) is 12.9. The molecule has 2 aromatic rings. The lowest BCUT2D eigenvalue weighted by Crippen LogP contribution is -2.10. The van der Waals surface area contributed by atoms with E-state index in [-0.39, 0.29) is 0 Å². The Morgan fingerprint density at radius 2 is 1.29 bits per heavy atom. The van der Waals surface area contributed by atoms with Gasteiger partial charge in [0.05, 0.1) is 22.8 Å². The van der Waals surface area contributed by atoms with E-state index >= 15 is 0 Å². The zero-order chi connectivity index (χ0) is 22.3. The Kier molecular flexibility index (Phi) is 11.3. The molecule has 2 aromatic carbocycles. The highest BCUT2D eigenvalue weighted by atomic mass is 14.8. The van der Waals surface area contributed by atoms with Gasteiger partial charge in [0.25, 0.3) is 0 Å². The van der Waals surface area contributed by atoms with Gasteiger partial charge in [-0.25, -0.2) is 0 Å². The van der Waals surface area contributed by atoms with Crippen molar-refractivity contribution in [2.75, 3.05) is 0 Å². The van der Waals surface area contributed by atoms with Crippen molar-refractivity contribution < 1.29 is 0 Å². The molecule has 164 valence electrons. The van der Waals surface area contributed by atoms with Crippen LogP contribution in [-0.2, 0) is 0 Å². The van der Waals surface area contributed by atoms with Gasteiger partial charge < -0.3 is 0 Å². The van der Waals surface area contributed by atoms with Gasteiger partial charge in [-0.1, -0.05) is 88.6 Å². The van der Waals surface area contributed by atoms with Crippen LogP contribution in [0.15, 0.2) is 70.7 Å². The molecule has 0 aliphatic rings. The van der Waals surface area contributed by atoms with Crippen molar-refractivity contribution in [2.45, 2.75) is 72.6 Å². The molecule has 0 saturated carbocycles. The fourth-order valence-electron chi connectivity index (χ4n) is 3.24. The van der Waals surface area contributed by atoms with Crippen LogP contribution in [0.2, 0.25) is 0 Å². The summed E-state index contributed by atoms with van der Waals surface area (Å²) in [7, 11) is 0. The van der Waals surface area contributed by atoms with Gasteiger partial charge in [0.2, 0.25) is 0 Å². The number of hydrogen-bond donors (Lipinski definition) is 0. The van der Waals surface area contributed by atoms with Crippen LogP contribution in [0, 0.1) is 0 Å². The average Bonchev–Trinajstić information content (AvgIpc) is 2.77. The Labute approximate surface area is 189 Å². The average molecular weight is 415 g/mol. The predicted octanol–water partition coefficient (Wildman–Crippen LogP) is 9.37. The molecule has 0 radical (unpaired) electrons. The summed E-state index contributed by atoms with van der Waals surface area (Å²) in [6.07, 6.45) is 16.6. The molecule has 31 heavy (non-hydrogen) atoms. The molecule has 0 aromatic heterocycles. The van der Waals surface area contributed by atoms with Crippen molar-refractivity contribution in [3.8, 4) is 0 Å². The van der Waals surface area contributed by atoms with Gasteiger partial charge in [-0.15, -0.1) is 0 Å². The van der Waals surface area contributed by atoms with Gasteiger partial charge >= 0.3 is 0 Å². The lowest BCUT2D eigenvalue weighted by Gasteiger charge is -2.08. The molecule has 2 nitrogen and oxygen atoms in total. The quantitative estimate of drug-likeness (QED) is 0.309. The highest BCUT2D eigenvalue weighted by molar-refractivity contribution is 6.42. The fraction of sp³-hybridized carbons (Fsp3) is 0.379. The third kappa shape index (κ3) is 9.29. The minimum atomic E-state index is 0.942. The topological polar surface area (TPSA) is 24.7 Å². The zero-order valence-corrected chi connectivity index (χ0v) is 19.8. The standard InChI is InChI=1S/C29H38N2/c1-5-8-11-15-25-17-13-19-27(22-25)30-24(4)29(21-10-7-3)31-28-20-14-18-26(23-28)16-12-9-6-2/h11-20,22-23H,5-10,21H2,1-4H3. The van der Waals surface area contributed by atoms with Gasteiger partial charge in [-0.05, 0) is 68.0 Å². The molecule has 0 aliphatic heterocycles. The monoisotopic (exact) mass is 414 g/mol. The summed E-state index contributed by atoms with van der Waals surface area (Å²) >= 11 is 0. The van der Waals surface area contributed by atoms with Gasteiger partial charge in [-0.3, -0.25) is 9.98 Å². The third-order valence-corrected chi connectivity index (χ3v) is 5.02. The number of rotatable bonds is 12. The summed E-state index contributed by atoms with van der Waals surface area (Å²) < 4.78 is 0. The first-order valence-corrected chi connectivity index (χ1v) is 11.8. The van der Waals surface area contributed by atoms with E-state index in [1.165, 1.54) is 24.0 Å². The van der Waals surface area contributed by atoms with E-state index in [1.807, 2.05) is 0 Å². The SMILES string of the molecule is CCCC=Cc1cccc(N=C(C)C(CCCC)=Nc2cccc(C=CCCC)c2)c1. The second-order valence-electron chi connectivity index (χ2n) is 7.93. The molecule has 0 aliphatic carbocycles. The summed E-state index contributed by atoms with van der Waals surface area (Å²) in [6.45, 7) is 8.70. The van der Waals surface area contributed by atoms with E-state index in [1.54, 1.807) is 0 Å². The Hall–Kier alpha value is -2.74. The molecule has 2 rings (SSSR count). The maximum Gasteiger partial charge on any atom is 0.0639 e. The maximum absolute atomic E-state index is 5.00. The van der Waals surface area contributed by atoms with Crippen LogP contribution < -0.4 is 0 Å². The van der Waals surface area contributed by atoms with Crippen molar-refractivity contribution in [1.82, 2.24) is 0 Å². The van der Waals surface area contributed by atoms with Crippen LogP contribution in [0.1, 0.15) is 83.8 Å². The second kappa shape index (κ2) is 14.3. The zero-order valence-electron chi connectivity index (χ0n) is 19.8. The fourth-order valence-corrected chi connectivity index (χ4v) is 3.24. The van der Waals surface area contributed by atoms with E-state index in [0.29, 0.717) is 0 Å². The first-order chi connectivity index (χ1) is 15.2. The van der Waals surface area contributed by atoms with E-state index in [2.05, 4.69) is 101 Å². The molecule has 0 atom stereocenters. The lowest BCUT2D eigenvalue weighted by molar-refractivity contribution is 0.838. The Morgan fingerprint density at radius 1 is 0.742 bits per heavy atom.